The van der Waals surface area contributed by atoms with E-state index in [1.807, 2.05) is 0 Å². The van der Waals surface area contributed by atoms with Crippen molar-refractivity contribution in [2.45, 2.75) is 31.5 Å². The van der Waals surface area contributed by atoms with Crippen LogP contribution in [0.4, 0.5) is 0 Å². The first kappa shape index (κ1) is 11.0. The molecule has 0 aromatic heterocycles. The predicted octanol–water partition coefficient (Wildman–Crippen LogP) is 0.180. The summed E-state index contributed by atoms with van der Waals surface area (Å²) in [6.45, 7) is 11.7. The second-order valence-corrected chi connectivity index (χ2v) is 5.69. The molecule has 3 heterocycles. The van der Waals surface area contributed by atoms with Crippen LogP contribution in [0, 0.1) is 0 Å². The first-order chi connectivity index (χ1) is 7.69. The average molecular weight is 226 g/mol. The molecule has 0 N–H and O–H groups in total. The van der Waals surface area contributed by atoms with Gasteiger partial charge in [0, 0.05) is 32.2 Å². The van der Waals surface area contributed by atoms with Gasteiger partial charge >= 0.3 is 0 Å². The quantitative estimate of drug-likeness (QED) is 0.670. The number of morpholine rings is 1. The molecule has 3 aliphatic rings. The summed E-state index contributed by atoms with van der Waals surface area (Å²) in [6.07, 6.45) is 0. The van der Waals surface area contributed by atoms with Crippen molar-refractivity contribution < 1.29 is 9.47 Å². The maximum absolute atomic E-state index is 6.01. The van der Waals surface area contributed by atoms with Crippen LogP contribution < -0.4 is 0 Å². The Labute approximate surface area is 97.5 Å². The maximum Gasteiger partial charge on any atom is 0.106 e. The molecule has 3 saturated heterocycles. The smallest absolute Gasteiger partial charge is 0.106 e. The van der Waals surface area contributed by atoms with Crippen LogP contribution in [0.5, 0.6) is 0 Å². The van der Waals surface area contributed by atoms with Gasteiger partial charge in [-0.25, -0.2) is 0 Å². The van der Waals surface area contributed by atoms with Crippen LogP contribution in [-0.2, 0) is 9.47 Å². The molecule has 0 amide bonds. The number of hydrogen-bond acceptors (Lipinski definition) is 4. The molecule has 3 fully saturated rings. The van der Waals surface area contributed by atoms with E-state index in [4.69, 9.17) is 9.47 Å². The summed E-state index contributed by atoms with van der Waals surface area (Å²) in [5.41, 5.74) is 0.137. The van der Waals surface area contributed by atoms with Crippen molar-refractivity contribution in [1.29, 1.82) is 0 Å². The van der Waals surface area contributed by atoms with Crippen LogP contribution in [0.25, 0.3) is 0 Å². The zero-order valence-electron chi connectivity index (χ0n) is 10.3. The number of ether oxygens (including phenoxy) is 2. The van der Waals surface area contributed by atoms with Crippen LogP contribution in [0.3, 0.4) is 0 Å². The molecule has 3 rings (SSSR count). The van der Waals surface area contributed by atoms with Crippen LogP contribution >= 0.6 is 0 Å². The maximum atomic E-state index is 6.01. The van der Waals surface area contributed by atoms with E-state index in [-0.39, 0.29) is 5.60 Å². The Morgan fingerprint density at radius 1 is 1.19 bits per heavy atom. The van der Waals surface area contributed by atoms with Crippen LogP contribution in [0.1, 0.15) is 13.8 Å². The van der Waals surface area contributed by atoms with Gasteiger partial charge in [-0.05, 0) is 13.8 Å². The molecule has 0 aliphatic carbocycles. The van der Waals surface area contributed by atoms with E-state index in [0.29, 0.717) is 12.1 Å². The van der Waals surface area contributed by atoms with E-state index in [0.717, 1.165) is 46.0 Å². The van der Waals surface area contributed by atoms with Crippen LogP contribution in [0.15, 0.2) is 0 Å². The summed E-state index contributed by atoms with van der Waals surface area (Å²) in [5, 5.41) is 0. The Hall–Kier alpha value is -0.160. The van der Waals surface area contributed by atoms with Gasteiger partial charge in [0.2, 0.25) is 0 Å². The highest BCUT2D eigenvalue weighted by molar-refractivity contribution is 5.04. The molecule has 3 aliphatic heterocycles. The normalized spacial score (nSPS) is 31.7. The highest BCUT2D eigenvalue weighted by Gasteiger charge is 2.50. The highest BCUT2D eigenvalue weighted by Crippen LogP contribution is 2.32. The Kier molecular flexibility index (Phi) is 2.70. The second-order valence-electron chi connectivity index (χ2n) is 5.69. The third-order valence-electron chi connectivity index (χ3n) is 4.13. The first-order valence-electron chi connectivity index (χ1n) is 6.38. The third-order valence-corrected chi connectivity index (χ3v) is 4.13. The van der Waals surface area contributed by atoms with Gasteiger partial charge in [0.15, 0.2) is 0 Å². The van der Waals surface area contributed by atoms with Crippen LogP contribution in [0.2, 0.25) is 0 Å². The highest BCUT2D eigenvalue weighted by atomic mass is 16.5. The summed E-state index contributed by atoms with van der Waals surface area (Å²) in [7, 11) is 0. The lowest BCUT2D eigenvalue weighted by molar-refractivity contribution is -0.219. The molecule has 0 aromatic carbocycles. The molecule has 0 unspecified atom stereocenters. The van der Waals surface area contributed by atoms with E-state index in [1.165, 1.54) is 0 Å². The number of rotatable bonds is 2. The summed E-state index contributed by atoms with van der Waals surface area (Å²) < 4.78 is 11.2. The molecule has 0 bridgehead atoms. The van der Waals surface area contributed by atoms with Gasteiger partial charge in [0.1, 0.15) is 5.60 Å². The lowest BCUT2D eigenvalue weighted by Gasteiger charge is -2.57. The molecule has 4 heteroatoms. The Morgan fingerprint density at radius 2 is 1.94 bits per heavy atom. The van der Waals surface area contributed by atoms with E-state index < -0.39 is 0 Å². The summed E-state index contributed by atoms with van der Waals surface area (Å²) in [5.74, 6) is 0. The Balaban J connectivity index is 1.55. The van der Waals surface area contributed by atoms with E-state index >= 15 is 0 Å². The standard InChI is InChI=1S/C12H22N2O2/c1-10(2)13-3-4-16-12(7-13)8-14(9-12)11-5-15-6-11/h10-11H,3-9H2,1-2H3. The molecular weight excluding hydrogens is 204 g/mol. The van der Waals surface area contributed by atoms with Crippen molar-refractivity contribution in [3.8, 4) is 0 Å². The number of likely N-dealkylation sites (tertiary alicyclic amines) is 1. The molecule has 16 heavy (non-hydrogen) atoms. The fourth-order valence-electron chi connectivity index (χ4n) is 2.89. The summed E-state index contributed by atoms with van der Waals surface area (Å²) in [4.78, 5) is 5.05. The molecule has 1 spiro atoms. The zero-order chi connectivity index (χ0) is 11.2. The van der Waals surface area contributed by atoms with Gasteiger partial charge in [-0.1, -0.05) is 0 Å². The van der Waals surface area contributed by atoms with Gasteiger partial charge in [0.05, 0.1) is 25.9 Å². The third kappa shape index (κ3) is 1.78. The van der Waals surface area contributed by atoms with Crippen molar-refractivity contribution in [3.63, 3.8) is 0 Å². The topological polar surface area (TPSA) is 24.9 Å². The van der Waals surface area contributed by atoms with E-state index in [2.05, 4.69) is 23.6 Å². The summed E-state index contributed by atoms with van der Waals surface area (Å²) >= 11 is 0. The predicted molar refractivity (Wildman–Crippen MR) is 61.6 cm³/mol. The fraction of sp³-hybridized carbons (Fsp3) is 1.00. The van der Waals surface area contributed by atoms with Crippen molar-refractivity contribution >= 4 is 0 Å². The molecule has 0 saturated carbocycles. The molecular formula is C12H22N2O2. The van der Waals surface area contributed by atoms with Crippen molar-refractivity contribution in [3.05, 3.63) is 0 Å². The van der Waals surface area contributed by atoms with Gasteiger partial charge in [0.25, 0.3) is 0 Å². The van der Waals surface area contributed by atoms with E-state index in [1.54, 1.807) is 0 Å². The minimum Gasteiger partial charge on any atom is -0.378 e. The molecule has 0 radical (unpaired) electrons. The van der Waals surface area contributed by atoms with Gasteiger partial charge in [-0.2, -0.15) is 0 Å². The lowest BCUT2D eigenvalue weighted by Crippen LogP contribution is -2.74. The Morgan fingerprint density at radius 3 is 2.50 bits per heavy atom. The largest absolute Gasteiger partial charge is 0.378 e. The average Bonchev–Trinajstić information content (AvgIpc) is 2.13. The van der Waals surface area contributed by atoms with Crippen LogP contribution in [-0.4, -0.2) is 73.5 Å². The second kappa shape index (κ2) is 3.95. The minimum atomic E-state index is 0.137. The van der Waals surface area contributed by atoms with Gasteiger partial charge < -0.3 is 9.47 Å². The minimum absolute atomic E-state index is 0.137. The summed E-state index contributed by atoms with van der Waals surface area (Å²) in [6, 6.07) is 1.31. The monoisotopic (exact) mass is 226 g/mol. The van der Waals surface area contributed by atoms with E-state index in [9.17, 15) is 0 Å². The fourth-order valence-corrected chi connectivity index (χ4v) is 2.89. The molecule has 0 atom stereocenters. The number of nitrogens with zero attached hydrogens (tertiary/aromatic N) is 2. The lowest BCUT2D eigenvalue weighted by atomic mass is 9.89. The first-order valence-corrected chi connectivity index (χ1v) is 6.38. The van der Waals surface area contributed by atoms with Crippen molar-refractivity contribution in [2.24, 2.45) is 0 Å². The number of hydrogen-bond donors (Lipinski definition) is 0. The molecule has 4 nitrogen and oxygen atoms in total. The zero-order valence-corrected chi connectivity index (χ0v) is 10.3. The molecule has 92 valence electrons. The SMILES string of the molecule is CC(C)N1CCOC2(C1)CN(C1COC1)C2. The van der Waals surface area contributed by atoms with Gasteiger partial charge in [-0.3, -0.25) is 9.80 Å². The Bertz CT molecular complexity index is 260. The van der Waals surface area contributed by atoms with Gasteiger partial charge in [-0.15, -0.1) is 0 Å². The molecule has 0 aromatic rings. The van der Waals surface area contributed by atoms with Crippen molar-refractivity contribution in [1.82, 2.24) is 9.80 Å². The van der Waals surface area contributed by atoms with Crippen molar-refractivity contribution in [2.75, 3.05) is 46.0 Å².